The molecule has 2 heterocycles. The van der Waals surface area contributed by atoms with Crippen LogP contribution in [0.3, 0.4) is 0 Å². The molecule has 1 aromatic heterocycles. The largest absolute Gasteiger partial charge is 0.494 e. The van der Waals surface area contributed by atoms with Gasteiger partial charge in [0.15, 0.2) is 5.13 Å². The molecular weight excluding hydrogens is 322 g/mol. The van der Waals surface area contributed by atoms with Crippen molar-refractivity contribution in [1.29, 1.82) is 0 Å². The molecule has 1 aromatic carbocycles. The van der Waals surface area contributed by atoms with Crippen LogP contribution in [0.1, 0.15) is 6.92 Å². The first kappa shape index (κ1) is 15.5. The lowest BCUT2D eigenvalue weighted by atomic mass is 10.3. The van der Waals surface area contributed by atoms with Gasteiger partial charge >= 0.3 is 0 Å². The topological polar surface area (TPSA) is 62.7 Å². The number of nitrogens with zero attached hydrogens (tertiary/aromatic N) is 3. The van der Waals surface area contributed by atoms with Crippen LogP contribution in [0.25, 0.3) is 10.2 Å². The van der Waals surface area contributed by atoms with Gasteiger partial charge in [-0.05, 0) is 25.1 Å². The van der Waals surface area contributed by atoms with E-state index >= 15 is 0 Å². The number of thiazole rings is 1. The van der Waals surface area contributed by atoms with Crippen LogP contribution in [0.4, 0.5) is 5.13 Å². The second-order valence-corrected chi connectivity index (χ2v) is 8.20. The Kier molecular flexibility index (Phi) is 4.24. The summed E-state index contributed by atoms with van der Waals surface area (Å²) in [4.78, 5) is 6.79. The molecule has 6 nitrogen and oxygen atoms in total. The van der Waals surface area contributed by atoms with Gasteiger partial charge in [-0.1, -0.05) is 11.3 Å². The molecule has 1 fully saturated rings. The molecule has 0 aliphatic carbocycles. The zero-order valence-electron chi connectivity index (χ0n) is 12.7. The molecule has 0 N–H and O–H groups in total. The zero-order chi connectivity index (χ0) is 15.7. The second kappa shape index (κ2) is 6.02. The Morgan fingerprint density at radius 2 is 2.00 bits per heavy atom. The minimum absolute atomic E-state index is 0.513. The molecule has 0 unspecified atom stereocenters. The highest BCUT2D eigenvalue weighted by Crippen LogP contribution is 2.32. The Morgan fingerprint density at radius 1 is 1.27 bits per heavy atom. The number of ether oxygens (including phenoxy) is 1. The van der Waals surface area contributed by atoms with Crippen LogP contribution in [0.2, 0.25) is 0 Å². The fraction of sp³-hybridized carbons (Fsp3) is 0.500. The number of piperazine rings is 1. The summed E-state index contributed by atoms with van der Waals surface area (Å²) < 4.78 is 31.2. The molecule has 1 saturated heterocycles. The van der Waals surface area contributed by atoms with Crippen molar-refractivity contribution < 1.29 is 13.2 Å². The summed E-state index contributed by atoms with van der Waals surface area (Å²) in [6.07, 6.45) is 1.26. The monoisotopic (exact) mass is 341 g/mol. The zero-order valence-corrected chi connectivity index (χ0v) is 14.3. The quantitative estimate of drug-likeness (QED) is 0.848. The minimum Gasteiger partial charge on any atom is -0.494 e. The van der Waals surface area contributed by atoms with E-state index in [1.807, 2.05) is 25.1 Å². The fourth-order valence-corrected chi connectivity index (χ4v) is 4.37. The number of anilines is 1. The lowest BCUT2D eigenvalue weighted by Gasteiger charge is -2.32. The van der Waals surface area contributed by atoms with Gasteiger partial charge in [0.2, 0.25) is 10.0 Å². The Morgan fingerprint density at radius 3 is 2.64 bits per heavy atom. The average Bonchev–Trinajstić information content (AvgIpc) is 2.90. The third-order valence-electron chi connectivity index (χ3n) is 3.64. The predicted molar refractivity (Wildman–Crippen MR) is 89.4 cm³/mol. The smallest absolute Gasteiger partial charge is 0.211 e. The molecule has 0 radical (unpaired) electrons. The molecule has 8 heteroatoms. The number of aromatic nitrogens is 1. The van der Waals surface area contributed by atoms with Crippen LogP contribution < -0.4 is 9.64 Å². The number of rotatable bonds is 4. The highest BCUT2D eigenvalue weighted by Gasteiger charge is 2.25. The van der Waals surface area contributed by atoms with Crippen molar-refractivity contribution in [2.24, 2.45) is 0 Å². The number of benzene rings is 1. The van der Waals surface area contributed by atoms with E-state index < -0.39 is 10.0 Å². The summed E-state index contributed by atoms with van der Waals surface area (Å²) >= 11 is 1.62. The van der Waals surface area contributed by atoms with Crippen molar-refractivity contribution >= 4 is 36.7 Å². The van der Waals surface area contributed by atoms with Crippen molar-refractivity contribution in [2.75, 3.05) is 43.9 Å². The van der Waals surface area contributed by atoms with Crippen molar-refractivity contribution in [3.63, 3.8) is 0 Å². The molecule has 0 atom stereocenters. The molecule has 2 aromatic rings. The van der Waals surface area contributed by atoms with Crippen LogP contribution >= 0.6 is 11.3 Å². The Labute approximate surface area is 134 Å². The summed E-state index contributed by atoms with van der Waals surface area (Å²) in [7, 11) is -3.09. The first-order valence-electron chi connectivity index (χ1n) is 7.21. The molecule has 0 spiro atoms. The Bertz CT molecular complexity index is 765. The predicted octanol–water partition coefficient (Wildman–Crippen LogP) is 1.78. The van der Waals surface area contributed by atoms with Gasteiger partial charge in [0.05, 0.1) is 23.1 Å². The number of fused-ring (bicyclic) bond motifs is 1. The van der Waals surface area contributed by atoms with Gasteiger partial charge < -0.3 is 9.64 Å². The Balaban J connectivity index is 1.77. The van der Waals surface area contributed by atoms with Crippen LogP contribution in [0.5, 0.6) is 5.75 Å². The van der Waals surface area contributed by atoms with Crippen molar-refractivity contribution in [3.8, 4) is 5.75 Å². The number of hydrogen-bond acceptors (Lipinski definition) is 6. The normalized spacial score (nSPS) is 17.1. The SMILES string of the molecule is CCOc1ccc2nc(N3CCN(S(C)(=O)=O)CC3)sc2c1. The van der Waals surface area contributed by atoms with Gasteiger partial charge in [0, 0.05) is 26.2 Å². The molecule has 120 valence electrons. The molecule has 1 aliphatic rings. The van der Waals surface area contributed by atoms with E-state index in [0.717, 1.165) is 21.1 Å². The van der Waals surface area contributed by atoms with E-state index in [-0.39, 0.29) is 0 Å². The van der Waals surface area contributed by atoms with Gasteiger partial charge in [-0.3, -0.25) is 0 Å². The molecule has 22 heavy (non-hydrogen) atoms. The van der Waals surface area contributed by atoms with Crippen molar-refractivity contribution in [3.05, 3.63) is 18.2 Å². The van der Waals surface area contributed by atoms with E-state index in [0.29, 0.717) is 32.8 Å². The van der Waals surface area contributed by atoms with Gasteiger partial charge in [-0.25, -0.2) is 13.4 Å². The third-order valence-corrected chi connectivity index (χ3v) is 6.02. The summed E-state index contributed by atoms with van der Waals surface area (Å²) in [6.45, 7) is 4.97. The van der Waals surface area contributed by atoms with Gasteiger partial charge in [0.1, 0.15) is 5.75 Å². The maximum Gasteiger partial charge on any atom is 0.211 e. The molecule has 0 bridgehead atoms. The van der Waals surface area contributed by atoms with Crippen LogP contribution in [-0.4, -0.2) is 56.7 Å². The third kappa shape index (κ3) is 3.18. The van der Waals surface area contributed by atoms with Crippen LogP contribution in [-0.2, 0) is 10.0 Å². The second-order valence-electron chi connectivity index (χ2n) is 5.21. The average molecular weight is 341 g/mol. The molecule has 3 rings (SSSR count). The highest BCUT2D eigenvalue weighted by atomic mass is 32.2. The van der Waals surface area contributed by atoms with Gasteiger partial charge in [-0.2, -0.15) is 4.31 Å². The number of sulfonamides is 1. The molecule has 0 saturated carbocycles. The standard InChI is InChI=1S/C14H19N3O3S2/c1-3-20-11-4-5-12-13(10-11)21-14(15-12)16-6-8-17(9-7-16)22(2,18)19/h4-5,10H,3,6-9H2,1-2H3. The maximum absolute atomic E-state index is 11.5. The van der Waals surface area contributed by atoms with E-state index in [2.05, 4.69) is 9.88 Å². The molecule has 1 aliphatic heterocycles. The molecular formula is C14H19N3O3S2. The van der Waals surface area contributed by atoms with Gasteiger partial charge in [0.25, 0.3) is 0 Å². The van der Waals surface area contributed by atoms with E-state index in [9.17, 15) is 8.42 Å². The summed E-state index contributed by atoms with van der Waals surface area (Å²) in [5.41, 5.74) is 0.953. The highest BCUT2D eigenvalue weighted by molar-refractivity contribution is 7.88. The van der Waals surface area contributed by atoms with E-state index in [4.69, 9.17) is 4.74 Å². The summed E-state index contributed by atoms with van der Waals surface area (Å²) in [6, 6.07) is 5.90. The molecule has 0 amide bonds. The van der Waals surface area contributed by atoms with Crippen LogP contribution in [0, 0.1) is 0 Å². The van der Waals surface area contributed by atoms with Crippen molar-refractivity contribution in [2.45, 2.75) is 6.92 Å². The number of hydrogen-bond donors (Lipinski definition) is 0. The summed E-state index contributed by atoms with van der Waals surface area (Å²) in [5.74, 6) is 0.854. The van der Waals surface area contributed by atoms with E-state index in [1.54, 1.807) is 11.3 Å². The maximum atomic E-state index is 11.5. The lowest BCUT2D eigenvalue weighted by molar-refractivity contribution is 0.341. The van der Waals surface area contributed by atoms with Crippen molar-refractivity contribution in [1.82, 2.24) is 9.29 Å². The Hall–Kier alpha value is -1.38. The summed E-state index contributed by atoms with van der Waals surface area (Å²) in [5, 5.41) is 0.941. The van der Waals surface area contributed by atoms with Crippen LogP contribution in [0.15, 0.2) is 18.2 Å². The first-order valence-corrected chi connectivity index (χ1v) is 9.87. The van der Waals surface area contributed by atoms with Gasteiger partial charge in [-0.15, -0.1) is 0 Å². The first-order chi connectivity index (χ1) is 10.5. The lowest BCUT2D eigenvalue weighted by Crippen LogP contribution is -2.48. The van der Waals surface area contributed by atoms with E-state index in [1.165, 1.54) is 10.6 Å². The minimum atomic E-state index is -3.09. The fourth-order valence-electron chi connectivity index (χ4n) is 2.50.